The van der Waals surface area contributed by atoms with Crippen molar-refractivity contribution in [1.29, 1.82) is 0 Å². The van der Waals surface area contributed by atoms with E-state index >= 15 is 0 Å². The predicted molar refractivity (Wildman–Crippen MR) is 45.3 cm³/mol. The smallest absolute Gasteiger partial charge is 0.375 e. The van der Waals surface area contributed by atoms with Crippen molar-refractivity contribution < 1.29 is 19.2 Å². The van der Waals surface area contributed by atoms with E-state index in [1.165, 1.54) is 13.3 Å². The van der Waals surface area contributed by atoms with Crippen molar-refractivity contribution in [2.24, 2.45) is 0 Å². The molecule has 0 saturated carbocycles. The molecule has 0 aliphatic rings. The third-order valence-electron chi connectivity index (χ3n) is 1.76. The summed E-state index contributed by atoms with van der Waals surface area (Å²) in [6, 6.07) is 1.55. The van der Waals surface area contributed by atoms with Gasteiger partial charge in [-0.1, -0.05) is 5.16 Å². The van der Waals surface area contributed by atoms with Crippen LogP contribution in [0.15, 0.2) is 16.8 Å². The van der Waals surface area contributed by atoms with E-state index in [9.17, 15) is 4.79 Å². The lowest BCUT2D eigenvalue weighted by molar-refractivity contribution is 0.0655. The number of hydrogen-bond donors (Lipinski definition) is 1. The SMILES string of the molecule is COc1ccnc2noc(C(=O)O)c12. The van der Waals surface area contributed by atoms with Crippen molar-refractivity contribution in [2.45, 2.75) is 0 Å². The molecule has 0 aliphatic carbocycles. The Hall–Kier alpha value is -2.11. The van der Waals surface area contributed by atoms with Crippen LogP contribution < -0.4 is 4.74 Å². The number of carbonyl (C=O) groups is 1. The quantitative estimate of drug-likeness (QED) is 0.765. The lowest BCUT2D eigenvalue weighted by atomic mass is 10.2. The molecule has 0 aliphatic heterocycles. The van der Waals surface area contributed by atoms with Crippen LogP contribution in [0.4, 0.5) is 0 Å². The molecule has 1 N–H and O–H groups in total. The summed E-state index contributed by atoms with van der Waals surface area (Å²) in [6.07, 6.45) is 1.47. The highest BCUT2D eigenvalue weighted by molar-refractivity contribution is 6.01. The molecule has 6 nitrogen and oxygen atoms in total. The van der Waals surface area contributed by atoms with Gasteiger partial charge in [0.05, 0.1) is 7.11 Å². The highest BCUT2D eigenvalue weighted by Gasteiger charge is 2.19. The number of aromatic carboxylic acids is 1. The molecule has 0 atom stereocenters. The van der Waals surface area contributed by atoms with E-state index < -0.39 is 5.97 Å². The van der Waals surface area contributed by atoms with Crippen molar-refractivity contribution in [3.05, 3.63) is 18.0 Å². The predicted octanol–water partition coefficient (Wildman–Crippen LogP) is 0.930. The largest absolute Gasteiger partial charge is 0.496 e. The standard InChI is InChI=1S/C8H6N2O4/c1-13-4-2-3-9-7-5(4)6(8(11)12)14-10-7/h2-3H,1H3,(H,11,12). The Labute approximate surface area is 78.1 Å². The van der Waals surface area contributed by atoms with Gasteiger partial charge in [-0.2, -0.15) is 0 Å². The zero-order chi connectivity index (χ0) is 10.1. The molecule has 0 radical (unpaired) electrons. The van der Waals surface area contributed by atoms with Gasteiger partial charge in [0.15, 0.2) is 0 Å². The van der Waals surface area contributed by atoms with Crippen LogP contribution in [-0.2, 0) is 0 Å². The second-order valence-electron chi connectivity index (χ2n) is 2.53. The number of methoxy groups -OCH3 is 1. The van der Waals surface area contributed by atoms with Gasteiger partial charge in [0.2, 0.25) is 5.65 Å². The first kappa shape index (κ1) is 8.49. The summed E-state index contributed by atoms with van der Waals surface area (Å²) >= 11 is 0. The van der Waals surface area contributed by atoms with E-state index in [1.807, 2.05) is 0 Å². The topological polar surface area (TPSA) is 85.5 Å². The average Bonchev–Trinajstić information content (AvgIpc) is 2.60. The van der Waals surface area contributed by atoms with Gasteiger partial charge in [0, 0.05) is 6.20 Å². The number of hydrogen-bond acceptors (Lipinski definition) is 5. The minimum Gasteiger partial charge on any atom is -0.496 e. The molecule has 2 aromatic heterocycles. The van der Waals surface area contributed by atoms with E-state index in [-0.39, 0.29) is 16.8 Å². The molecular formula is C8H6N2O4. The Kier molecular flexibility index (Phi) is 1.81. The van der Waals surface area contributed by atoms with Gasteiger partial charge >= 0.3 is 5.97 Å². The number of nitrogens with zero attached hydrogens (tertiary/aromatic N) is 2. The van der Waals surface area contributed by atoms with E-state index in [0.717, 1.165) is 0 Å². The van der Waals surface area contributed by atoms with Crippen LogP contribution >= 0.6 is 0 Å². The van der Waals surface area contributed by atoms with E-state index in [2.05, 4.69) is 14.7 Å². The summed E-state index contributed by atoms with van der Waals surface area (Å²) in [7, 11) is 1.44. The number of rotatable bonds is 2. The Morgan fingerprint density at radius 1 is 1.64 bits per heavy atom. The summed E-state index contributed by atoms with van der Waals surface area (Å²) in [4.78, 5) is 14.6. The Balaban J connectivity index is 2.81. The maximum atomic E-state index is 10.7. The molecule has 0 bridgehead atoms. The lowest BCUT2D eigenvalue weighted by Gasteiger charge is -1.98. The Morgan fingerprint density at radius 2 is 2.43 bits per heavy atom. The van der Waals surface area contributed by atoms with E-state index in [1.54, 1.807) is 6.07 Å². The van der Waals surface area contributed by atoms with Crippen molar-refractivity contribution >= 4 is 17.0 Å². The molecule has 0 fully saturated rings. The van der Waals surface area contributed by atoms with Crippen LogP contribution in [0.25, 0.3) is 11.0 Å². The third-order valence-corrected chi connectivity index (χ3v) is 1.76. The fraction of sp³-hybridized carbons (Fsp3) is 0.125. The normalized spacial score (nSPS) is 10.4. The zero-order valence-corrected chi connectivity index (χ0v) is 7.22. The fourth-order valence-electron chi connectivity index (χ4n) is 1.17. The van der Waals surface area contributed by atoms with Crippen LogP contribution in [0.3, 0.4) is 0 Å². The Morgan fingerprint density at radius 3 is 3.07 bits per heavy atom. The van der Waals surface area contributed by atoms with Crippen LogP contribution in [0.2, 0.25) is 0 Å². The first-order valence-electron chi connectivity index (χ1n) is 3.75. The zero-order valence-electron chi connectivity index (χ0n) is 7.22. The molecule has 72 valence electrons. The molecule has 2 heterocycles. The summed E-state index contributed by atoms with van der Waals surface area (Å²) in [5.41, 5.74) is 0.224. The van der Waals surface area contributed by atoms with E-state index in [4.69, 9.17) is 9.84 Å². The van der Waals surface area contributed by atoms with Crippen molar-refractivity contribution in [2.75, 3.05) is 7.11 Å². The van der Waals surface area contributed by atoms with Crippen molar-refractivity contribution in [3.63, 3.8) is 0 Å². The van der Waals surface area contributed by atoms with Crippen molar-refractivity contribution in [3.8, 4) is 5.75 Å². The summed E-state index contributed by atoms with van der Waals surface area (Å²) in [6.45, 7) is 0. The van der Waals surface area contributed by atoms with Gasteiger partial charge in [0.25, 0.3) is 5.76 Å². The number of carboxylic acid groups (broad SMARTS) is 1. The summed E-state index contributed by atoms with van der Waals surface area (Å²) < 4.78 is 9.60. The number of ether oxygens (including phenoxy) is 1. The average molecular weight is 194 g/mol. The number of aromatic nitrogens is 2. The Bertz CT molecular complexity index is 491. The molecular weight excluding hydrogens is 188 g/mol. The van der Waals surface area contributed by atoms with Gasteiger partial charge in [-0.15, -0.1) is 0 Å². The molecule has 0 amide bonds. The third kappa shape index (κ3) is 1.08. The molecule has 0 unspecified atom stereocenters. The molecule has 14 heavy (non-hydrogen) atoms. The van der Waals surface area contributed by atoms with E-state index in [0.29, 0.717) is 5.75 Å². The molecule has 0 saturated heterocycles. The van der Waals surface area contributed by atoms with Crippen LogP contribution in [0, 0.1) is 0 Å². The van der Waals surface area contributed by atoms with Gasteiger partial charge < -0.3 is 14.4 Å². The molecule has 0 aromatic carbocycles. The highest BCUT2D eigenvalue weighted by Crippen LogP contribution is 2.26. The second-order valence-corrected chi connectivity index (χ2v) is 2.53. The number of fused-ring (bicyclic) bond motifs is 1. The molecule has 2 aromatic rings. The summed E-state index contributed by atoms with van der Waals surface area (Å²) in [5.74, 6) is -1.07. The van der Waals surface area contributed by atoms with Gasteiger partial charge in [-0.25, -0.2) is 9.78 Å². The fourth-order valence-corrected chi connectivity index (χ4v) is 1.17. The van der Waals surface area contributed by atoms with Crippen LogP contribution in [-0.4, -0.2) is 28.3 Å². The molecule has 6 heteroatoms. The number of carboxylic acids is 1. The minimum absolute atomic E-state index is 0.224. The first-order chi connectivity index (χ1) is 6.74. The second kappa shape index (κ2) is 2.99. The van der Waals surface area contributed by atoms with Crippen LogP contribution in [0.1, 0.15) is 10.6 Å². The molecule has 2 rings (SSSR count). The lowest BCUT2D eigenvalue weighted by Crippen LogP contribution is -1.95. The van der Waals surface area contributed by atoms with Crippen molar-refractivity contribution in [1.82, 2.24) is 10.1 Å². The number of pyridine rings is 1. The molecule has 0 spiro atoms. The highest BCUT2D eigenvalue weighted by atomic mass is 16.5. The summed E-state index contributed by atoms with van der Waals surface area (Å²) in [5, 5.41) is 12.6. The maximum Gasteiger partial charge on any atom is 0.375 e. The van der Waals surface area contributed by atoms with Gasteiger partial charge in [0.1, 0.15) is 11.1 Å². The minimum atomic E-state index is -1.20. The monoisotopic (exact) mass is 194 g/mol. The maximum absolute atomic E-state index is 10.7. The van der Waals surface area contributed by atoms with Crippen LogP contribution in [0.5, 0.6) is 5.75 Å². The first-order valence-corrected chi connectivity index (χ1v) is 3.75. The van der Waals surface area contributed by atoms with Gasteiger partial charge in [-0.3, -0.25) is 0 Å². The van der Waals surface area contributed by atoms with Gasteiger partial charge in [-0.05, 0) is 6.07 Å².